The first-order valence-electron chi connectivity index (χ1n) is 11.3. The molecule has 1 fully saturated rings. The van der Waals surface area contributed by atoms with Crippen LogP contribution >= 0.6 is 0 Å². The van der Waals surface area contributed by atoms with Gasteiger partial charge in [-0.1, -0.05) is 36.3 Å². The normalized spacial score (nSPS) is 15.2. The summed E-state index contributed by atoms with van der Waals surface area (Å²) in [5.74, 6) is 7.91. The van der Waals surface area contributed by atoms with Crippen molar-refractivity contribution in [2.45, 2.75) is 38.9 Å². The molecule has 6 heteroatoms. The lowest BCUT2D eigenvalue weighted by molar-refractivity contribution is -0.0120. The summed E-state index contributed by atoms with van der Waals surface area (Å²) in [6.07, 6.45) is 5.05. The molecule has 0 radical (unpaired) electrons. The van der Waals surface area contributed by atoms with E-state index in [1.807, 2.05) is 49.4 Å². The summed E-state index contributed by atoms with van der Waals surface area (Å²) in [6, 6.07) is 17.3. The van der Waals surface area contributed by atoms with Crippen LogP contribution in [0.15, 0.2) is 60.8 Å². The fourth-order valence-electron chi connectivity index (χ4n) is 3.38. The van der Waals surface area contributed by atoms with Crippen molar-refractivity contribution < 1.29 is 18.9 Å². The van der Waals surface area contributed by atoms with E-state index < -0.39 is 0 Å². The third-order valence-corrected chi connectivity index (χ3v) is 5.08. The predicted molar refractivity (Wildman–Crippen MR) is 125 cm³/mol. The Labute approximate surface area is 194 Å². The highest BCUT2D eigenvalue weighted by molar-refractivity contribution is 5.43. The van der Waals surface area contributed by atoms with E-state index in [0.717, 1.165) is 37.0 Å². The van der Waals surface area contributed by atoms with Gasteiger partial charge in [-0.25, -0.2) is 9.97 Å². The molecule has 1 aromatic carbocycles. The summed E-state index contributed by atoms with van der Waals surface area (Å²) >= 11 is 0. The molecular formula is C27H28N2O4. The largest absolute Gasteiger partial charge is 0.489 e. The Kier molecular flexibility index (Phi) is 8.15. The summed E-state index contributed by atoms with van der Waals surface area (Å²) in [5, 5.41) is 0. The van der Waals surface area contributed by atoms with E-state index in [0.29, 0.717) is 43.0 Å². The highest BCUT2D eigenvalue weighted by Gasteiger charge is 2.15. The summed E-state index contributed by atoms with van der Waals surface area (Å²) < 4.78 is 23.1. The summed E-state index contributed by atoms with van der Waals surface area (Å²) in [5.41, 5.74) is 2.42. The van der Waals surface area contributed by atoms with Crippen LogP contribution in [0.2, 0.25) is 0 Å². The van der Waals surface area contributed by atoms with Gasteiger partial charge in [0.25, 0.3) is 0 Å². The predicted octanol–water partition coefficient (Wildman–Crippen LogP) is 4.80. The summed E-state index contributed by atoms with van der Waals surface area (Å²) in [7, 11) is 0. The lowest BCUT2D eigenvalue weighted by Crippen LogP contribution is -2.26. The van der Waals surface area contributed by atoms with Gasteiger partial charge in [-0.3, -0.25) is 0 Å². The van der Waals surface area contributed by atoms with Gasteiger partial charge in [0.2, 0.25) is 11.8 Å². The van der Waals surface area contributed by atoms with E-state index in [-0.39, 0.29) is 6.10 Å². The van der Waals surface area contributed by atoms with Crippen LogP contribution in [-0.2, 0) is 11.3 Å². The number of rotatable bonds is 8. The zero-order valence-corrected chi connectivity index (χ0v) is 18.8. The molecule has 1 atom stereocenters. The van der Waals surface area contributed by atoms with Gasteiger partial charge >= 0.3 is 0 Å². The van der Waals surface area contributed by atoms with E-state index >= 15 is 0 Å². The average Bonchev–Trinajstić information content (AvgIpc) is 2.87. The lowest BCUT2D eigenvalue weighted by Gasteiger charge is -2.22. The van der Waals surface area contributed by atoms with Crippen molar-refractivity contribution >= 4 is 0 Å². The molecule has 0 amide bonds. The molecule has 0 aliphatic carbocycles. The smallest absolute Gasteiger partial charge is 0.218 e. The van der Waals surface area contributed by atoms with Crippen molar-refractivity contribution in [2.24, 2.45) is 0 Å². The molecule has 1 aliphatic rings. The number of hydrogen-bond acceptors (Lipinski definition) is 6. The van der Waals surface area contributed by atoms with Crippen LogP contribution in [0, 0.1) is 11.8 Å². The molecule has 170 valence electrons. The van der Waals surface area contributed by atoms with Gasteiger partial charge in [0, 0.05) is 36.6 Å². The molecule has 4 rings (SSSR count). The van der Waals surface area contributed by atoms with Gasteiger partial charge in [0.05, 0.1) is 12.7 Å². The maximum absolute atomic E-state index is 6.01. The first-order chi connectivity index (χ1) is 16.3. The molecule has 0 N–H and O–H groups in total. The number of pyridine rings is 2. The van der Waals surface area contributed by atoms with Crippen LogP contribution in [-0.4, -0.2) is 35.9 Å². The number of hydrogen-bond donors (Lipinski definition) is 0. The van der Waals surface area contributed by atoms with Gasteiger partial charge < -0.3 is 18.9 Å². The van der Waals surface area contributed by atoms with Crippen molar-refractivity contribution in [1.82, 2.24) is 9.97 Å². The average molecular weight is 445 g/mol. The third-order valence-electron chi connectivity index (χ3n) is 5.08. The van der Waals surface area contributed by atoms with E-state index in [2.05, 4.69) is 21.8 Å². The minimum atomic E-state index is 0.0962. The van der Waals surface area contributed by atoms with E-state index in [9.17, 15) is 0 Å². The zero-order chi connectivity index (χ0) is 22.7. The quantitative estimate of drug-likeness (QED) is 0.465. The molecule has 0 saturated carbocycles. The maximum Gasteiger partial charge on any atom is 0.218 e. The Morgan fingerprint density at radius 2 is 1.88 bits per heavy atom. The molecule has 1 saturated heterocycles. The highest BCUT2D eigenvalue weighted by atomic mass is 16.5. The minimum absolute atomic E-state index is 0.0962. The topological polar surface area (TPSA) is 62.7 Å². The van der Waals surface area contributed by atoms with Crippen molar-refractivity contribution in [3.63, 3.8) is 0 Å². The van der Waals surface area contributed by atoms with E-state index in [1.54, 1.807) is 18.3 Å². The Morgan fingerprint density at radius 1 is 0.970 bits per heavy atom. The first kappa shape index (κ1) is 22.6. The second-order valence-electron chi connectivity index (χ2n) is 7.67. The Bertz CT molecular complexity index is 1070. The number of aromatic nitrogens is 2. The fraction of sp³-hybridized carbons (Fsp3) is 0.333. The summed E-state index contributed by atoms with van der Waals surface area (Å²) in [6.45, 7) is 4.20. The standard InChI is InChI=1S/C27H28N2O4/c1-2-30-26-14-12-21(18-28-26)11-13-23-16-25(32-19-22-8-4-3-5-9-22)17-27(29-23)33-20-24-10-6-7-15-31-24/h3-5,8-9,12,14,16-18,24H,2,6-7,10,15,19-20H2,1H3. The van der Waals surface area contributed by atoms with Crippen LogP contribution in [0.5, 0.6) is 17.5 Å². The first-order valence-corrected chi connectivity index (χ1v) is 11.3. The number of benzene rings is 1. The second kappa shape index (κ2) is 11.9. The van der Waals surface area contributed by atoms with Gasteiger partial charge in [0.15, 0.2) is 0 Å². The van der Waals surface area contributed by atoms with E-state index in [4.69, 9.17) is 18.9 Å². The second-order valence-corrected chi connectivity index (χ2v) is 7.67. The molecule has 3 heterocycles. The Balaban J connectivity index is 1.50. The van der Waals surface area contributed by atoms with Crippen LogP contribution in [0.4, 0.5) is 0 Å². The van der Waals surface area contributed by atoms with Gasteiger partial charge in [-0.05, 0) is 43.7 Å². The van der Waals surface area contributed by atoms with Crippen molar-refractivity contribution in [3.8, 4) is 29.4 Å². The van der Waals surface area contributed by atoms with E-state index in [1.165, 1.54) is 0 Å². The summed E-state index contributed by atoms with van der Waals surface area (Å²) in [4.78, 5) is 8.81. The SMILES string of the molecule is CCOc1ccc(C#Cc2cc(OCc3ccccc3)cc(OCC3CCCCO3)n2)cn1. The molecule has 6 nitrogen and oxygen atoms in total. The van der Waals surface area contributed by atoms with Gasteiger partial charge in [-0.2, -0.15) is 0 Å². The zero-order valence-electron chi connectivity index (χ0n) is 18.8. The molecular weight excluding hydrogens is 416 g/mol. The molecule has 0 bridgehead atoms. The molecule has 1 aliphatic heterocycles. The lowest BCUT2D eigenvalue weighted by atomic mass is 10.1. The van der Waals surface area contributed by atoms with Crippen molar-refractivity contribution in [2.75, 3.05) is 19.8 Å². The molecule has 3 aromatic rings. The maximum atomic E-state index is 6.01. The number of ether oxygens (including phenoxy) is 4. The fourth-order valence-corrected chi connectivity index (χ4v) is 3.38. The van der Waals surface area contributed by atoms with Crippen molar-refractivity contribution in [1.29, 1.82) is 0 Å². The Morgan fingerprint density at radius 3 is 2.64 bits per heavy atom. The van der Waals surface area contributed by atoms with Gasteiger partial charge in [-0.15, -0.1) is 0 Å². The van der Waals surface area contributed by atoms with Crippen LogP contribution in [0.25, 0.3) is 0 Å². The van der Waals surface area contributed by atoms with Crippen LogP contribution < -0.4 is 14.2 Å². The molecule has 0 spiro atoms. The van der Waals surface area contributed by atoms with Crippen LogP contribution in [0.3, 0.4) is 0 Å². The number of nitrogens with zero attached hydrogens (tertiary/aromatic N) is 2. The van der Waals surface area contributed by atoms with Gasteiger partial charge in [0.1, 0.15) is 24.7 Å². The molecule has 33 heavy (non-hydrogen) atoms. The van der Waals surface area contributed by atoms with Crippen LogP contribution in [0.1, 0.15) is 43.0 Å². The molecule has 2 aromatic heterocycles. The Hall–Kier alpha value is -3.56. The highest BCUT2D eigenvalue weighted by Crippen LogP contribution is 2.22. The third kappa shape index (κ3) is 7.23. The molecule has 1 unspecified atom stereocenters. The monoisotopic (exact) mass is 444 g/mol. The van der Waals surface area contributed by atoms with Crippen molar-refractivity contribution in [3.05, 3.63) is 77.6 Å². The minimum Gasteiger partial charge on any atom is -0.489 e.